The number of likely N-dealkylation sites (tertiary alicyclic amines) is 2. The Morgan fingerprint density at radius 2 is 1.52 bits per heavy atom. The molecule has 1 N–H and O–H groups in total. The second kappa shape index (κ2) is 8.24. The summed E-state index contributed by atoms with van der Waals surface area (Å²) in [5.74, 6) is -2.52. The third kappa shape index (κ3) is 3.14. The van der Waals surface area contributed by atoms with Gasteiger partial charge in [-0.25, -0.2) is 0 Å². The first-order chi connectivity index (χ1) is 15.9. The summed E-state index contributed by atoms with van der Waals surface area (Å²) in [7, 11) is 0. The summed E-state index contributed by atoms with van der Waals surface area (Å²) in [6.45, 7) is 4.38. The van der Waals surface area contributed by atoms with E-state index in [2.05, 4.69) is 0 Å². The second-order valence-electron chi connectivity index (χ2n) is 9.64. The normalized spacial score (nSPS) is 33.4. The fourth-order valence-corrected chi connectivity index (χ4v) is 6.57. The number of rotatable bonds is 6. The molecule has 3 fully saturated rings. The molecule has 0 bridgehead atoms. The molecule has 6 atom stereocenters. The molecule has 0 spiro atoms. The van der Waals surface area contributed by atoms with E-state index in [0.717, 1.165) is 5.57 Å². The Kier molecular flexibility index (Phi) is 5.51. The fraction of sp³-hybridized carbons (Fsp3) is 0.600. The maximum absolute atomic E-state index is 13.4. The van der Waals surface area contributed by atoms with Gasteiger partial charge in [-0.05, 0) is 43.7 Å². The highest BCUT2D eigenvalue weighted by Gasteiger charge is 2.62. The Labute approximate surface area is 192 Å². The van der Waals surface area contributed by atoms with Gasteiger partial charge in [0.05, 0.1) is 29.6 Å². The van der Waals surface area contributed by atoms with Crippen molar-refractivity contribution >= 4 is 23.6 Å². The predicted octanol–water partition coefficient (Wildman–Crippen LogP) is 2.23. The first kappa shape index (κ1) is 22.1. The minimum absolute atomic E-state index is 0.122. The highest BCUT2D eigenvalue weighted by molar-refractivity contribution is 6.07. The van der Waals surface area contributed by atoms with Crippen molar-refractivity contribution in [3.63, 3.8) is 0 Å². The van der Waals surface area contributed by atoms with Crippen LogP contribution in [0.25, 0.3) is 0 Å². The molecular formula is C25H30N2O6. The minimum Gasteiger partial charge on any atom is -0.463 e. The number of furan rings is 1. The number of aliphatic hydroxyl groups is 1. The van der Waals surface area contributed by atoms with Crippen LogP contribution in [-0.4, -0.2) is 51.6 Å². The van der Waals surface area contributed by atoms with Crippen LogP contribution in [0.2, 0.25) is 0 Å². The molecule has 2 saturated heterocycles. The molecule has 4 aliphatic rings. The van der Waals surface area contributed by atoms with Gasteiger partial charge in [0.15, 0.2) is 0 Å². The van der Waals surface area contributed by atoms with Crippen molar-refractivity contribution in [2.45, 2.75) is 52.1 Å². The lowest BCUT2D eigenvalue weighted by Crippen LogP contribution is -2.43. The van der Waals surface area contributed by atoms with Crippen molar-refractivity contribution in [1.29, 1.82) is 0 Å². The molecule has 176 valence electrons. The minimum atomic E-state index is -0.584. The van der Waals surface area contributed by atoms with Crippen molar-refractivity contribution in [2.75, 3.05) is 13.1 Å². The van der Waals surface area contributed by atoms with E-state index in [9.17, 15) is 24.3 Å². The molecule has 1 saturated carbocycles. The third-order valence-electron chi connectivity index (χ3n) is 7.87. The van der Waals surface area contributed by atoms with Gasteiger partial charge >= 0.3 is 0 Å². The molecule has 1 aromatic rings. The van der Waals surface area contributed by atoms with E-state index in [0.29, 0.717) is 50.3 Å². The molecule has 0 aromatic carbocycles. The van der Waals surface area contributed by atoms with Crippen LogP contribution in [0.5, 0.6) is 0 Å². The smallest absolute Gasteiger partial charge is 0.234 e. The predicted molar refractivity (Wildman–Crippen MR) is 116 cm³/mol. The van der Waals surface area contributed by atoms with Crippen LogP contribution >= 0.6 is 0 Å². The lowest BCUT2D eigenvalue weighted by Gasteiger charge is -2.43. The number of carbonyl (C=O) groups excluding carboxylic acids is 4. The van der Waals surface area contributed by atoms with Gasteiger partial charge < -0.3 is 9.52 Å². The summed E-state index contributed by atoms with van der Waals surface area (Å²) in [6, 6.07) is 3.44. The largest absolute Gasteiger partial charge is 0.463 e. The Morgan fingerprint density at radius 3 is 2.12 bits per heavy atom. The molecule has 5 rings (SSSR count). The van der Waals surface area contributed by atoms with Crippen molar-refractivity contribution in [2.24, 2.45) is 29.6 Å². The third-order valence-corrected chi connectivity index (χ3v) is 7.87. The fourth-order valence-electron chi connectivity index (χ4n) is 6.57. The van der Waals surface area contributed by atoms with E-state index in [1.165, 1.54) is 9.80 Å². The van der Waals surface area contributed by atoms with Crippen molar-refractivity contribution in [3.05, 3.63) is 35.3 Å². The lowest BCUT2D eigenvalue weighted by molar-refractivity contribution is -0.142. The molecule has 8 heteroatoms. The van der Waals surface area contributed by atoms with Crippen LogP contribution in [0, 0.1) is 29.6 Å². The molecule has 33 heavy (non-hydrogen) atoms. The van der Waals surface area contributed by atoms with Crippen molar-refractivity contribution in [3.8, 4) is 0 Å². The van der Waals surface area contributed by atoms with Crippen LogP contribution in [0.15, 0.2) is 28.2 Å². The van der Waals surface area contributed by atoms with E-state index in [1.807, 2.05) is 19.9 Å². The highest BCUT2D eigenvalue weighted by atomic mass is 16.4. The van der Waals surface area contributed by atoms with E-state index in [1.54, 1.807) is 12.1 Å². The average molecular weight is 455 g/mol. The number of nitrogens with zero attached hydrogens (tertiary/aromatic N) is 2. The molecule has 8 nitrogen and oxygen atoms in total. The maximum Gasteiger partial charge on any atom is 0.234 e. The molecule has 3 heterocycles. The van der Waals surface area contributed by atoms with E-state index in [4.69, 9.17) is 4.42 Å². The molecule has 2 aliphatic heterocycles. The van der Waals surface area contributed by atoms with Crippen LogP contribution < -0.4 is 0 Å². The van der Waals surface area contributed by atoms with Gasteiger partial charge in [-0.15, -0.1) is 0 Å². The van der Waals surface area contributed by atoms with Gasteiger partial charge in [0.1, 0.15) is 18.1 Å². The maximum atomic E-state index is 13.4. The zero-order valence-electron chi connectivity index (χ0n) is 19.0. The van der Waals surface area contributed by atoms with Crippen LogP contribution in [0.3, 0.4) is 0 Å². The van der Waals surface area contributed by atoms with Gasteiger partial charge in [0.2, 0.25) is 23.6 Å². The zero-order valence-corrected chi connectivity index (χ0v) is 19.0. The number of aliphatic hydroxyl groups excluding tert-OH is 1. The average Bonchev–Trinajstić information content (AvgIpc) is 3.45. The molecule has 2 aliphatic carbocycles. The quantitative estimate of drug-likeness (QED) is 0.522. The Morgan fingerprint density at radius 1 is 0.879 bits per heavy atom. The summed E-state index contributed by atoms with van der Waals surface area (Å²) in [5.41, 5.74) is 0.926. The first-order valence-electron chi connectivity index (χ1n) is 12.0. The molecule has 0 radical (unpaired) electrons. The topological polar surface area (TPSA) is 108 Å². The number of allylic oxidation sites excluding steroid dienone is 2. The highest BCUT2D eigenvalue weighted by Crippen LogP contribution is 2.58. The summed E-state index contributed by atoms with van der Waals surface area (Å²) in [6.07, 6.45) is 4.22. The van der Waals surface area contributed by atoms with Crippen LogP contribution in [0.1, 0.15) is 57.0 Å². The van der Waals surface area contributed by atoms with Gasteiger partial charge in [-0.3, -0.25) is 29.0 Å². The molecule has 4 amide bonds. The monoisotopic (exact) mass is 454 g/mol. The van der Waals surface area contributed by atoms with Gasteiger partial charge in [-0.2, -0.15) is 0 Å². The number of fused-ring (bicyclic) bond motifs is 4. The summed E-state index contributed by atoms with van der Waals surface area (Å²) in [4.78, 5) is 55.8. The van der Waals surface area contributed by atoms with Crippen LogP contribution in [0.4, 0.5) is 0 Å². The molecule has 1 aromatic heterocycles. The number of hydrogen-bond donors (Lipinski definition) is 1. The van der Waals surface area contributed by atoms with Gasteiger partial charge in [0, 0.05) is 13.1 Å². The van der Waals surface area contributed by atoms with Gasteiger partial charge in [-0.1, -0.05) is 25.5 Å². The number of hydrogen-bond acceptors (Lipinski definition) is 6. The lowest BCUT2D eigenvalue weighted by atomic mass is 9.58. The Hall–Kier alpha value is -2.74. The molecule has 6 unspecified atom stereocenters. The standard InChI is InChI=1S/C25H30N2O6/c1-3-9-26-22(29)15-7-6-14-16(19(15)24(26)31)11-17-21(25(32)27(10-4-2)23(17)30)20(14)18-8-5-13(12-28)33-18/h5-6,8,15-17,19-21,28H,3-4,7,9-12H2,1-2H3. The zero-order chi connectivity index (χ0) is 23.4. The first-order valence-corrected chi connectivity index (χ1v) is 12.0. The summed E-state index contributed by atoms with van der Waals surface area (Å²) >= 11 is 0. The van der Waals surface area contributed by atoms with E-state index >= 15 is 0 Å². The van der Waals surface area contributed by atoms with Gasteiger partial charge in [0.25, 0.3) is 0 Å². The number of carbonyl (C=O) groups is 4. The summed E-state index contributed by atoms with van der Waals surface area (Å²) < 4.78 is 5.89. The van der Waals surface area contributed by atoms with Crippen LogP contribution in [-0.2, 0) is 25.8 Å². The van der Waals surface area contributed by atoms with Crippen molar-refractivity contribution < 1.29 is 28.7 Å². The number of amides is 4. The number of imide groups is 2. The molecular weight excluding hydrogens is 424 g/mol. The summed E-state index contributed by atoms with van der Waals surface area (Å²) in [5, 5.41) is 9.52. The Balaban J connectivity index is 1.59. The SMILES string of the molecule is CCCN1C(=O)C2CC=C3C(CC4C(=O)N(CCC)C(=O)C4C3c3ccc(CO)o3)C2C1=O. The van der Waals surface area contributed by atoms with E-state index < -0.39 is 29.6 Å². The van der Waals surface area contributed by atoms with Crippen molar-refractivity contribution in [1.82, 2.24) is 9.80 Å². The Bertz CT molecular complexity index is 1040. The van der Waals surface area contributed by atoms with E-state index in [-0.39, 0.29) is 36.2 Å². The second-order valence-corrected chi connectivity index (χ2v) is 9.64.